The van der Waals surface area contributed by atoms with Gasteiger partial charge >= 0.3 is 0 Å². The lowest BCUT2D eigenvalue weighted by molar-refractivity contribution is -0.141. The third kappa shape index (κ3) is 2.93. The second-order valence-electron chi connectivity index (χ2n) is 3.93. The summed E-state index contributed by atoms with van der Waals surface area (Å²) in [7, 11) is 0. The fourth-order valence-electron chi connectivity index (χ4n) is 1.66. The number of hydroxylamine groups is 1. The minimum Gasteiger partial charge on any atom is -0.350 e. The average molecular weight is 222 g/mol. The van der Waals surface area contributed by atoms with Crippen molar-refractivity contribution < 1.29 is 9.57 Å². The van der Waals surface area contributed by atoms with Crippen LogP contribution in [0.25, 0.3) is 0 Å². The van der Waals surface area contributed by atoms with Crippen molar-refractivity contribution in [3.8, 4) is 0 Å². The molecule has 1 N–H and O–H groups in total. The van der Waals surface area contributed by atoms with Crippen LogP contribution >= 0.6 is 0 Å². The van der Waals surface area contributed by atoms with Crippen molar-refractivity contribution >= 4 is 6.21 Å². The lowest BCUT2D eigenvalue weighted by Crippen LogP contribution is -2.14. The number of rotatable bonds is 4. The van der Waals surface area contributed by atoms with Crippen LogP contribution in [0.1, 0.15) is 26.2 Å². The zero-order valence-corrected chi connectivity index (χ0v) is 9.61. The van der Waals surface area contributed by atoms with Crippen LogP contribution in [0.2, 0.25) is 0 Å². The molecule has 88 valence electrons. The quantitative estimate of drug-likeness (QED) is 0.739. The maximum atomic E-state index is 5.58. The van der Waals surface area contributed by atoms with E-state index in [0.29, 0.717) is 0 Å². The Morgan fingerprint density at radius 2 is 2.56 bits per heavy atom. The Morgan fingerprint density at radius 3 is 3.31 bits per heavy atom. The number of ether oxygens (including phenoxy) is 1. The van der Waals surface area contributed by atoms with Gasteiger partial charge in [-0.15, -0.1) is 0 Å². The number of nitrogens with one attached hydrogen (secondary N) is 1. The van der Waals surface area contributed by atoms with Gasteiger partial charge in [0.15, 0.2) is 6.29 Å². The van der Waals surface area contributed by atoms with E-state index < -0.39 is 0 Å². The highest BCUT2D eigenvalue weighted by Crippen LogP contribution is 2.20. The number of dihydropyridines is 1. The summed E-state index contributed by atoms with van der Waals surface area (Å²) in [5.74, 6) is 0. The Kier molecular flexibility index (Phi) is 4.13. The summed E-state index contributed by atoms with van der Waals surface area (Å²) in [5, 5.41) is 0. The van der Waals surface area contributed by atoms with E-state index in [0.717, 1.165) is 38.1 Å². The Hall–Kier alpha value is -1.13. The summed E-state index contributed by atoms with van der Waals surface area (Å²) in [5.41, 5.74) is 5.21. The van der Waals surface area contributed by atoms with Crippen molar-refractivity contribution in [1.82, 2.24) is 5.48 Å². The average Bonchev–Trinajstić information content (AvgIpc) is 2.79. The van der Waals surface area contributed by atoms with E-state index >= 15 is 0 Å². The Bertz CT molecular complexity index is 321. The molecule has 0 radical (unpaired) electrons. The second kappa shape index (κ2) is 5.82. The van der Waals surface area contributed by atoms with Gasteiger partial charge in [-0.25, -0.2) is 4.84 Å². The molecule has 16 heavy (non-hydrogen) atoms. The summed E-state index contributed by atoms with van der Waals surface area (Å²) >= 11 is 0. The molecular weight excluding hydrogens is 204 g/mol. The van der Waals surface area contributed by atoms with E-state index in [9.17, 15) is 0 Å². The van der Waals surface area contributed by atoms with Gasteiger partial charge in [-0.2, -0.15) is 0 Å². The highest BCUT2D eigenvalue weighted by molar-refractivity contribution is 5.74. The van der Waals surface area contributed by atoms with E-state index in [2.05, 4.69) is 23.5 Å². The predicted molar refractivity (Wildman–Crippen MR) is 63.0 cm³/mol. The largest absolute Gasteiger partial charge is 0.350 e. The van der Waals surface area contributed by atoms with Crippen LogP contribution in [0, 0.1) is 0 Å². The van der Waals surface area contributed by atoms with Gasteiger partial charge in [-0.05, 0) is 18.1 Å². The minimum atomic E-state index is -0.145. The monoisotopic (exact) mass is 222 g/mol. The maximum Gasteiger partial charge on any atom is 0.189 e. The highest BCUT2D eigenvalue weighted by atomic mass is 16.8. The first-order chi connectivity index (χ1) is 7.90. The summed E-state index contributed by atoms with van der Waals surface area (Å²) in [6.45, 7) is 3.64. The smallest absolute Gasteiger partial charge is 0.189 e. The molecule has 0 amide bonds. The third-order valence-electron chi connectivity index (χ3n) is 2.62. The molecule has 0 aromatic heterocycles. The number of allylic oxidation sites excluding steroid dienone is 1. The summed E-state index contributed by atoms with van der Waals surface area (Å²) in [4.78, 5) is 9.55. The molecule has 1 fully saturated rings. The topological polar surface area (TPSA) is 42.8 Å². The first kappa shape index (κ1) is 11.4. The fraction of sp³-hybridized carbons (Fsp3) is 0.583. The van der Waals surface area contributed by atoms with E-state index in [1.54, 1.807) is 0 Å². The lowest BCUT2D eigenvalue weighted by atomic mass is 10.1. The molecule has 0 spiro atoms. The molecule has 0 aromatic rings. The Morgan fingerprint density at radius 1 is 1.62 bits per heavy atom. The molecule has 2 aliphatic rings. The van der Waals surface area contributed by atoms with Crippen LogP contribution in [0.3, 0.4) is 0 Å². The van der Waals surface area contributed by atoms with E-state index in [-0.39, 0.29) is 6.29 Å². The first-order valence-corrected chi connectivity index (χ1v) is 5.82. The number of nitrogens with zero attached hydrogens (tertiary/aromatic N) is 1. The molecule has 0 saturated carbocycles. The van der Waals surface area contributed by atoms with Crippen LogP contribution in [-0.2, 0) is 9.57 Å². The predicted octanol–water partition coefficient (Wildman–Crippen LogP) is 1.95. The molecule has 0 aromatic carbocycles. The standard InChI is InChI=1S/C12H18N2O2/c1-2-3-7-15-12-8-11(14-16-12)10-5-4-6-13-9-10/h4-6,12,14H,2-3,7-9H2,1H3. The summed E-state index contributed by atoms with van der Waals surface area (Å²) < 4.78 is 5.58. The molecule has 0 bridgehead atoms. The number of aliphatic imine (C=N–C) groups is 1. The Labute approximate surface area is 96.0 Å². The van der Waals surface area contributed by atoms with Crippen molar-refractivity contribution in [2.45, 2.75) is 32.5 Å². The van der Waals surface area contributed by atoms with Crippen molar-refractivity contribution in [2.24, 2.45) is 4.99 Å². The molecule has 2 aliphatic heterocycles. The van der Waals surface area contributed by atoms with Gasteiger partial charge in [-0.3, -0.25) is 10.5 Å². The number of unbranched alkanes of at least 4 members (excludes halogenated alkanes) is 1. The van der Waals surface area contributed by atoms with Crippen molar-refractivity contribution in [1.29, 1.82) is 0 Å². The molecule has 1 atom stereocenters. The highest BCUT2D eigenvalue weighted by Gasteiger charge is 2.22. The molecule has 2 rings (SSSR count). The fourth-order valence-corrected chi connectivity index (χ4v) is 1.66. The van der Waals surface area contributed by atoms with Gasteiger partial charge in [0.25, 0.3) is 0 Å². The maximum absolute atomic E-state index is 5.58. The van der Waals surface area contributed by atoms with Gasteiger partial charge in [-0.1, -0.05) is 19.4 Å². The zero-order valence-electron chi connectivity index (χ0n) is 9.61. The molecule has 2 heterocycles. The first-order valence-electron chi connectivity index (χ1n) is 5.82. The van der Waals surface area contributed by atoms with Crippen LogP contribution in [-0.4, -0.2) is 25.7 Å². The SMILES string of the molecule is CCCCOC1CC(=C2C=CC=NC2)NO1. The van der Waals surface area contributed by atoms with Gasteiger partial charge < -0.3 is 4.74 Å². The molecule has 4 heteroatoms. The van der Waals surface area contributed by atoms with E-state index in [1.807, 2.05) is 12.3 Å². The van der Waals surface area contributed by atoms with Crippen LogP contribution < -0.4 is 5.48 Å². The molecule has 1 saturated heterocycles. The van der Waals surface area contributed by atoms with Gasteiger partial charge in [0.2, 0.25) is 0 Å². The number of hydrogen-bond donors (Lipinski definition) is 1. The van der Waals surface area contributed by atoms with Crippen molar-refractivity contribution in [3.63, 3.8) is 0 Å². The van der Waals surface area contributed by atoms with Gasteiger partial charge in [0.1, 0.15) is 0 Å². The summed E-state index contributed by atoms with van der Waals surface area (Å²) in [6, 6.07) is 0. The van der Waals surface area contributed by atoms with Crippen LogP contribution in [0.4, 0.5) is 0 Å². The molecule has 0 aliphatic carbocycles. The van der Waals surface area contributed by atoms with Gasteiger partial charge in [0.05, 0.1) is 6.54 Å². The third-order valence-corrected chi connectivity index (χ3v) is 2.62. The van der Waals surface area contributed by atoms with Gasteiger partial charge in [0, 0.05) is 24.9 Å². The summed E-state index contributed by atoms with van der Waals surface area (Å²) in [6.07, 6.45) is 8.69. The number of hydrogen-bond acceptors (Lipinski definition) is 4. The van der Waals surface area contributed by atoms with Crippen LogP contribution in [0.15, 0.2) is 28.4 Å². The lowest BCUT2D eigenvalue weighted by Gasteiger charge is -2.07. The zero-order chi connectivity index (χ0) is 11.2. The second-order valence-corrected chi connectivity index (χ2v) is 3.93. The van der Waals surface area contributed by atoms with Crippen molar-refractivity contribution in [3.05, 3.63) is 23.4 Å². The Balaban J connectivity index is 1.83. The molecular formula is C12H18N2O2. The normalized spacial score (nSPS) is 28.4. The van der Waals surface area contributed by atoms with Crippen LogP contribution in [0.5, 0.6) is 0 Å². The van der Waals surface area contributed by atoms with E-state index in [1.165, 1.54) is 5.57 Å². The molecule has 1 unspecified atom stereocenters. The minimum absolute atomic E-state index is 0.145. The van der Waals surface area contributed by atoms with E-state index in [4.69, 9.17) is 9.57 Å². The van der Waals surface area contributed by atoms with Crippen molar-refractivity contribution in [2.75, 3.05) is 13.2 Å². The molecule has 4 nitrogen and oxygen atoms in total.